The lowest BCUT2D eigenvalue weighted by atomic mass is 10.0. The average molecular weight is 216 g/mol. The molecule has 0 aliphatic heterocycles. The molecule has 0 aliphatic rings. The van der Waals surface area contributed by atoms with Crippen LogP contribution in [-0.2, 0) is 0 Å². The third-order valence-electron chi connectivity index (χ3n) is 2.39. The van der Waals surface area contributed by atoms with E-state index in [0.29, 0.717) is 5.92 Å². The fourth-order valence-electron chi connectivity index (χ4n) is 1.72. The lowest BCUT2D eigenvalue weighted by Crippen LogP contribution is -1.97. The van der Waals surface area contributed by atoms with Crippen molar-refractivity contribution in [3.05, 3.63) is 35.8 Å². The molecule has 2 aromatic rings. The number of rotatable bonds is 1. The third kappa shape index (κ3) is 2.57. The summed E-state index contributed by atoms with van der Waals surface area (Å²) >= 11 is 0. The van der Waals surface area contributed by atoms with E-state index in [1.165, 1.54) is 11.3 Å². The molecule has 2 nitrogen and oxygen atoms in total. The second-order valence-corrected chi connectivity index (χ2v) is 3.91. The van der Waals surface area contributed by atoms with Gasteiger partial charge in [0.25, 0.3) is 0 Å². The van der Waals surface area contributed by atoms with E-state index in [1.807, 2.05) is 26.1 Å². The van der Waals surface area contributed by atoms with Gasteiger partial charge < -0.3 is 0 Å². The van der Waals surface area contributed by atoms with Crippen LogP contribution in [0, 0.1) is 6.92 Å². The van der Waals surface area contributed by atoms with Crippen LogP contribution >= 0.6 is 0 Å². The van der Waals surface area contributed by atoms with Crippen LogP contribution in [-0.4, -0.2) is 9.97 Å². The van der Waals surface area contributed by atoms with E-state index in [9.17, 15) is 0 Å². The molecular weight excluding hydrogens is 196 g/mol. The number of hydrogen-bond acceptors (Lipinski definition) is 2. The van der Waals surface area contributed by atoms with Crippen molar-refractivity contribution in [2.75, 3.05) is 0 Å². The van der Waals surface area contributed by atoms with E-state index in [0.717, 1.165) is 10.9 Å². The zero-order valence-corrected chi connectivity index (χ0v) is 10.8. The average Bonchev–Trinajstić information content (AvgIpc) is 2.30. The van der Waals surface area contributed by atoms with Gasteiger partial charge in [0.1, 0.15) is 0 Å². The molecular formula is C14H20N2. The summed E-state index contributed by atoms with van der Waals surface area (Å²) in [5.41, 5.74) is 3.47. The first-order chi connectivity index (χ1) is 7.68. The number of pyridine rings is 2. The highest BCUT2D eigenvalue weighted by Gasteiger charge is 2.06. The van der Waals surface area contributed by atoms with Crippen LogP contribution < -0.4 is 0 Å². The molecule has 0 spiro atoms. The van der Waals surface area contributed by atoms with Crippen LogP contribution in [0.2, 0.25) is 0 Å². The minimum Gasteiger partial charge on any atom is -0.264 e. The first-order valence-corrected chi connectivity index (χ1v) is 5.90. The first kappa shape index (κ1) is 12.6. The van der Waals surface area contributed by atoms with E-state index >= 15 is 0 Å². The van der Waals surface area contributed by atoms with Gasteiger partial charge in [-0.2, -0.15) is 0 Å². The van der Waals surface area contributed by atoms with Crippen LogP contribution in [0.4, 0.5) is 0 Å². The largest absolute Gasteiger partial charge is 0.264 e. The summed E-state index contributed by atoms with van der Waals surface area (Å²) in [6, 6.07) is 4.12. The van der Waals surface area contributed by atoms with Gasteiger partial charge in [-0.05, 0) is 30.5 Å². The quantitative estimate of drug-likeness (QED) is 0.717. The maximum Gasteiger partial charge on any atom is 0.0736 e. The standard InChI is InChI=1S/C12H14N2.C2H6/c1-8(2)12-9(3)6-10-7-13-5-4-11(10)14-12;1-2/h4-8H,1-3H3;1-2H3. The molecule has 2 heteroatoms. The number of aryl methyl sites for hydroxylation is 1. The molecule has 2 heterocycles. The lowest BCUT2D eigenvalue weighted by Gasteiger charge is -2.09. The topological polar surface area (TPSA) is 25.8 Å². The monoisotopic (exact) mass is 216 g/mol. The molecule has 2 aromatic heterocycles. The van der Waals surface area contributed by atoms with Crippen LogP contribution in [0.1, 0.15) is 44.9 Å². The van der Waals surface area contributed by atoms with Crippen molar-refractivity contribution in [1.29, 1.82) is 0 Å². The molecule has 0 aromatic carbocycles. The Hall–Kier alpha value is -1.44. The van der Waals surface area contributed by atoms with Crippen molar-refractivity contribution in [2.24, 2.45) is 0 Å². The molecule has 0 radical (unpaired) electrons. The molecule has 0 saturated heterocycles. The van der Waals surface area contributed by atoms with E-state index in [4.69, 9.17) is 0 Å². The number of nitrogens with zero attached hydrogens (tertiary/aromatic N) is 2. The van der Waals surface area contributed by atoms with Crippen LogP contribution in [0.3, 0.4) is 0 Å². The summed E-state index contributed by atoms with van der Waals surface area (Å²) in [5.74, 6) is 0.479. The molecule has 2 rings (SSSR count). The SMILES string of the molecule is CC.Cc1cc2cnccc2nc1C(C)C. The Balaban J connectivity index is 0.000000606. The molecule has 0 atom stereocenters. The smallest absolute Gasteiger partial charge is 0.0736 e. The molecule has 0 amide bonds. The highest BCUT2D eigenvalue weighted by Crippen LogP contribution is 2.20. The van der Waals surface area contributed by atoms with Crippen molar-refractivity contribution < 1.29 is 0 Å². The van der Waals surface area contributed by atoms with Crippen molar-refractivity contribution in [3.8, 4) is 0 Å². The minimum absolute atomic E-state index is 0.479. The number of fused-ring (bicyclic) bond motifs is 1. The third-order valence-corrected chi connectivity index (χ3v) is 2.39. The normalized spacial score (nSPS) is 10.1. The van der Waals surface area contributed by atoms with Crippen LogP contribution in [0.5, 0.6) is 0 Å². The van der Waals surface area contributed by atoms with E-state index in [-0.39, 0.29) is 0 Å². The Morgan fingerprint density at radius 2 is 1.88 bits per heavy atom. The van der Waals surface area contributed by atoms with Gasteiger partial charge in [0, 0.05) is 23.5 Å². The fraction of sp³-hybridized carbons (Fsp3) is 0.429. The summed E-state index contributed by atoms with van der Waals surface area (Å²) in [4.78, 5) is 8.72. The summed E-state index contributed by atoms with van der Waals surface area (Å²) in [7, 11) is 0. The van der Waals surface area contributed by atoms with Gasteiger partial charge in [0.05, 0.1) is 5.52 Å². The lowest BCUT2D eigenvalue weighted by molar-refractivity contribution is 0.819. The molecule has 0 bridgehead atoms. The Kier molecular flexibility index (Phi) is 4.41. The maximum atomic E-state index is 4.63. The first-order valence-electron chi connectivity index (χ1n) is 5.90. The van der Waals surface area contributed by atoms with Gasteiger partial charge in [-0.1, -0.05) is 27.7 Å². The van der Waals surface area contributed by atoms with Crippen LogP contribution in [0.25, 0.3) is 10.9 Å². The number of aromatic nitrogens is 2. The molecule has 0 saturated carbocycles. The summed E-state index contributed by atoms with van der Waals surface area (Å²) in [5, 5.41) is 1.12. The Labute approximate surface area is 97.7 Å². The molecule has 0 N–H and O–H groups in total. The van der Waals surface area contributed by atoms with Crippen molar-refractivity contribution in [1.82, 2.24) is 9.97 Å². The maximum absolute atomic E-state index is 4.63. The zero-order valence-electron chi connectivity index (χ0n) is 10.8. The molecule has 0 fully saturated rings. The van der Waals surface area contributed by atoms with Gasteiger partial charge in [-0.15, -0.1) is 0 Å². The fourth-order valence-corrected chi connectivity index (χ4v) is 1.72. The van der Waals surface area contributed by atoms with E-state index in [2.05, 4.69) is 36.8 Å². The summed E-state index contributed by atoms with van der Waals surface area (Å²) in [6.07, 6.45) is 3.65. The highest BCUT2D eigenvalue weighted by molar-refractivity contribution is 5.78. The zero-order chi connectivity index (χ0) is 12.1. The van der Waals surface area contributed by atoms with Gasteiger partial charge in [-0.25, -0.2) is 0 Å². The summed E-state index contributed by atoms with van der Waals surface area (Å²) < 4.78 is 0. The predicted molar refractivity (Wildman–Crippen MR) is 69.7 cm³/mol. The van der Waals surface area contributed by atoms with Gasteiger partial charge in [0.2, 0.25) is 0 Å². The predicted octanol–water partition coefficient (Wildman–Crippen LogP) is 4.09. The van der Waals surface area contributed by atoms with Crippen molar-refractivity contribution >= 4 is 10.9 Å². The van der Waals surface area contributed by atoms with Crippen molar-refractivity contribution in [2.45, 2.75) is 40.5 Å². The van der Waals surface area contributed by atoms with Gasteiger partial charge >= 0.3 is 0 Å². The molecule has 0 aliphatic carbocycles. The Morgan fingerprint density at radius 3 is 2.50 bits per heavy atom. The number of hydrogen-bond donors (Lipinski definition) is 0. The minimum atomic E-state index is 0.479. The second kappa shape index (κ2) is 5.59. The van der Waals surface area contributed by atoms with Crippen molar-refractivity contribution in [3.63, 3.8) is 0 Å². The Bertz CT molecular complexity index is 461. The van der Waals surface area contributed by atoms with E-state index < -0.39 is 0 Å². The van der Waals surface area contributed by atoms with Crippen LogP contribution in [0.15, 0.2) is 24.5 Å². The highest BCUT2D eigenvalue weighted by atomic mass is 14.7. The summed E-state index contributed by atoms with van der Waals surface area (Å²) in [6.45, 7) is 10.4. The molecule has 0 unspecified atom stereocenters. The molecule has 16 heavy (non-hydrogen) atoms. The molecule has 86 valence electrons. The second-order valence-electron chi connectivity index (χ2n) is 3.91. The Morgan fingerprint density at radius 1 is 1.19 bits per heavy atom. The van der Waals surface area contributed by atoms with E-state index in [1.54, 1.807) is 6.20 Å². The van der Waals surface area contributed by atoms with Gasteiger partial charge in [-0.3, -0.25) is 9.97 Å². The van der Waals surface area contributed by atoms with Gasteiger partial charge in [0.15, 0.2) is 0 Å².